The van der Waals surface area contributed by atoms with Gasteiger partial charge in [-0.15, -0.1) is 0 Å². The molecule has 1 aliphatic heterocycles. The highest BCUT2D eigenvalue weighted by molar-refractivity contribution is 6.34. The number of ether oxygens (including phenoxy) is 2. The van der Waals surface area contributed by atoms with Gasteiger partial charge in [-0.3, -0.25) is 19.3 Å². The summed E-state index contributed by atoms with van der Waals surface area (Å²) < 4.78 is 12.6. The summed E-state index contributed by atoms with van der Waals surface area (Å²) >= 11 is 6.42. The number of benzene rings is 2. The Kier molecular flexibility index (Phi) is 15.2. The van der Waals surface area contributed by atoms with Crippen LogP contribution in [0.5, 0.6) is 0 Å². The molecule has 0 aliphatic carbocycles. The van der Waals surface area contributed by atoms with E-state index in [1.165, 1.54) is 78.7 Å². The van der Waals surface area contributed by atoms with Crippen LogP contribution in [0.25, 0.3) is 0 Å². The van der Waals surface area contributed by atoms with Gasteiger partial charge in [0.1, 0.15) is 5.69 Å². The van der Waals surface area contributed by atoms with Crippen LogP contribution in [-0.4, -0.2) is 74.4 Å². The van der Waals surface area contributed by atoms with Crippen LogP contribution in [0, 0.1) is 0 Å². The number of aromatic nitrogens is 2. The number of imide groups is 1. The number of Topliss-reactive ketones (excluding diaryl/α,β-unsaturated/α-hetero) is 1. The van der Waals surface area contributed by atoms with Gasteiger partial charge < -0.3 is 19.4 Å². The molecule has 0 saturated carbocycles. The van der Waals surface area contributed by atoms with E-state index in [0.29, 0.717) is 10.5 Å². The predicted octanol–water partition coefficient (Wildman–Crippen LogP) is 7.17. The van der Waals surface area contributed by atoms with Crippen molar-refractivity contribution in [3.63, 3.8) is 0 Å². The molecule has 13 heteroatoms. The lowest BCUT2D eigenvalue weighted by molar-refractivity contribution is -0.144. The number of hydrogen-bond donors (Lipinski definition) is 1. The molecule has 51 heavy (non-hydrogen) atoms. The van der Waals surface area contributed by atoms with Gasteiger partial charge in [0.15, 0.2) is 6.04 Å². The van der Waals surface area contributed by atoms with E-state index >= 15 is 0 Å². The molecular weight excluding hydrogens is 674 g/mol. The normalized spacial score (nSPS) is 14.9. The molecule has 1 saturated heterocycles. The van der Waals surface area contributed by atoms with Gasteiger partial charge >= 0.3 is 12.0 Å². The molecule has 4 amide bonds. The van der Waals surface area contributed by atoms with Crippen molar-refractivity contribution in [1.29, 1.82) is 0 Å². The van der Waals surface area contributed by atoms with E-state index in [1.54, 1.807) is 38.2 Å². The van der Waals surface area contributed by atoms with Gasteiger partial charge in [-0.2, -0.15) is 0 Å². The summed E-state index contributed by atoms with van der Waals surface area (Å²) in [4.78, 5) is 74.4. The Labute approximate surface area is 304 Å². The van der Waals surface area contributed by atoms with E-state index in [2.05, 4.69) is 17.2 Å². The highest BCUT2D eigenvalue weighted by atomic mass is 35.5. The Hall–Kier alpha value is -4.55. The van der Waals surface area contributed by atoms with Crippen molar-refractivity contribution in [2.24, 2.45) is 7.05 Å². The number of rotatable bonds is 21. The molecular formula is C38H48ClN5O7. The lowest BCUT2D eigenvalue weighted by Crippen LogP contribution is -2.52. The molecule has 274 valence electrons. The summed E-state index contributed by atoms with van der Waals surface area (Å²) in [6, 6.07) is 10.3. The third kappa shape index (κ3) is 10.7. The molecule has 0 spiro atoms. The molecule has 3 aromatic rings. The maximum Gasteiger partial charge on any atom is 0.338 e. The number of urea groups is 1. The zero-order valence-electron chi connectivity index (χ0n) is 29.6. The molecule has 0 bridgehead atoms. The van der Waals surface area contributed by atoms with Crippen molar-refractivity contribution in [1.82, 2.24) is 19.4 Å². The smallest absolute Gasteiger partial charge is 0.338 e. The number of amides is 4. The summed E-state index contributed by atoms with van der Waals surface area (Å²) in [6.07, 6.45) is 12.9. The average molecular weight is 722 g/mol. The summed E-state index contributed by atoms with van der Waals surface area (Å²) in [5.41, 5.74) is 0.706. The van der Waals surface area contributed by atoms with Gasteiger partial charge in [-0.1, -0.05) is 107 Å². The second-order valence-corrected chi connectivity index (χ2v) is 13.0. The fourth-order valence-electron chi connectivity index (χ4n) is 5.89. The number of carbonyl (C=O) groups excluding carboxylic acids is 5. The van der Waals surface area contributed by atoms with Crippen LogP contribution in [0.2, 0.25) is 5.02 Å². The lowest BCUT2D eigenvalue weighted by atomic mass is 10.1. The first kappa shape index (κ1) is 39.2. The van der Waals surface area contributed by atoms with Crippen molar-refractivity contribution in [2.45, 2.75) is 96.9 Å². The lowest BCUT2D eigenvalue weighted by Gasteiger charge is -2.24. The first-order chi connectivity index (χ1) is 24.7. The number of unbranched alkanes of at least 4 members (excludes halogenated alkanes) is 9. The maximum atomic E-state index is 14.0. The van der Waals surface area contributed by atoms with E-state index in [-0.39, 0.29) is 41.7 Å². The summed E-state index contributed by atoms with van der Waals surface area (Å²) in [7, 11) is 1.64. The van der Waals surface area contributed by atoms with Crippen LogP contribution >= 0.6 is 11.6 Å². The number of imidazole rings is 1. The number of nitrogens with zero attached hydrogens (tertiary/aromatic N) is 4. The molecule has 2 unspecified atom stereocenters. The zero-order valence-corrected chi connectivity index (χ0v) is 30.4. The highest BCUT2D eigenvalue weighted by Gasteiger charge is 2.53. The molecule has 2 heterocycles. The van der Waals surface area contributed by atoms with Gasteiger partial charge in [-0.25, -0.2) is 19.5 Å². The SMILES string of the molecule is CCCCCCCCCCCCOC(=O)c1ccc(Cl)c(NC(=O)C(C(=O)c2cn(C)cn2)N2C(=O)C(OCC)N(Cc3ccccc3)C2=O)c1. The largest absolute Gasteiger partial charge is 0.462 e. The zero-order chi connectivity index (χ0) is 36.8. The topological polar surface area (TPSA) is 140 Å². The number of anilines is 1. The van der Waals surface area contributed by atoms with E-state index < -0.39 is 41.9 Å². The number of esters is 1. The number of carbonyl (C=O) groups is 5. The second kappa shape index (κ2) is 19.7. The molecule has 2 aromatic carbocycles. The minimum atomic E-state index is -1.97. The Morgan fingerprint density at radius 3 is 2.22 bits per heavy atom. The van der Waals surface area contributed by atoms with E-state index in [9.17, 15) is 24.0 Å². The Morgan fingerprint density at radius 1 is 0.922 bits per heavy atom. The first-order valence-electron chi connectivity index (χ1n) is 17.7. The third-order valence-corrected chi connectivity index (χ3v) is 8.94. The third-order valence-electron chi connectivity index (χ3n) is 8.61. The Balaban J connectivity index is 1.46. The number of ketones is 1. The number of halogens is 1. The minimum absolute atomic E-state index is 0.00420. The van der Waals surface area contributed by atoms with Crippen LogP contribution in [-0.2, 0) is 32.7 Å². The summed E-state index contributed by atoms with van der Waals surface area (Å²) in [5.74, 6) is -3.39. The fraction of sp³-hybridized carbons (Fsp3) is 0.474. The van der Waals surface area contributed by atoms with Crippen LogP contribution in [0.15, 0.2) is 61.1 Å². The average Bonchev–Trinajstić information content (AvgIpc) is 3.65. The van der Waals surface area contributed by atoms with Gasteiger partial charge in [0, 0.05) is 19.9 Å². The van der Waals surface area contributed by atoms with Crippen LogP contribution in [0.1, 0.15) is 104 Å². The summed E-state index contributed by atoms with van der Waals surface area (Å²) in [5, 5.41) is 2.63. The molecule has 2 atom stereocenters. The molecule has 1 aromatic heterocycles. The van der Waals surface area contributed by atoms with Gasteiger partial charge in [-0.05, 0) is 37.1 Å². The molecule has 0 radical (unpaired) electrons. The summed E-state index contributed by atoms with van der Waals surface area (Å²) in [6.45, 7) is 4.21. The van der Waals surface area contributed by atoms with Crippen LogP contribution < -0.4 is 5.32 Å². The molecule has 12 nitrogen and oxygen atoms in total. The van der Waals surface area contributed by atoms with Crippen LogP contribution in [0.3, 0.4) is 0 Å². The van der Waals surface area contributed by atoms with Gasteiger partial charge in [0.05, 0.1) is 35.8 Å². The van der Waals surface area contributed by atoms with E-state index in [1.807, 2.05) is 6.07 Å². The molecule has 1 fully saturated rings. The minimum Gasteiger partial charge on any atom is -0.462 e. The number of aryl methyl sites for hydroxylation is 1. The molecule has 4 rings (SSSR count). The number of hydrogen-bond acceptors (Lipinski definition) is 8. The van der Waals surface area contributed by atoms with Gasteiger partial charge in [0.25, 0.3) is 11.8 Å². The Bertz CT molecular complexity index is 1650. The van der Waals surface area contributed by atoms with E-state index in [4.69, 9.17) is 21.1 Å². The van der Waals surface area contributed by atoms with Gasteiger partial charge in [0.2, 0.25) is 12.0 Å². The van der Waals surface area contributed by atoms with Crippen molar-refractivity contribution in [2.75, 3.05) is 18.5 Å². The van der Waals surface area contributed by atoms with Crippen molar-refractivity contribution >= 4 is 46.9 Å². The monoisotopic (exact) mass is 721 g/mol. The second-order valence-electron chi connectivity index (χ2n) is 12.6. The fourth-order valence-corrected chi connectivity index (χ4v) is 6.06. The quantitative estimate of drug-likeness (QED) is 0.0402. The standard InChI is InChI=1S/C38H48ClN5O7/c1-4-6-7-8-9-10-11-12-13-17-22-51-37(48)28-20-21-29(39)30(23-28)41-34(46)32(33(45)31-25-42(3)26-40-31)44-35(47)36(50-5-2)43(38(44)49)24-27-18-15-14-16-19-27/h14-16,18-21,23,25-26,32,36H,4-13,17,22,24H2,1-3H3,(H,41,46). The van der Waals surface area contributed by atoms with Crippen molar-refractivity contribution < 1.29 is 33.4 Å². The van der Waals surface area contributed by atoms with E-state index in [0.717, 1.165) is 25.7 Å². The van der Waals surface area contributed by atoms with Crippen LogP contribution in [0.4, 0.5) is 10.5 Å². The van der Waals surface area contributed by atoms with Crippen molar-refractivity contribution in [3.05, 3.63) is 82.9 Å². The number of nitrogens with one attached hydrogen (secondary N) is 1. The maximum absolute atomic E-state index is 14.0. The molecule has 1 aliphatic rings. The highest BCUT2D eigenvalue weighted by Crippen LogP contribution is 2.28. The Morgan fingerprint density at radius 2 is 1.59 bits per heavy atom. The van der Waals surface area contributed by atoms with Crippen molar-refractivity contribution in [3.8, 4) is 0 Å². The first-order valence-corrected chi connectivity index (χ1v) is 18.1. The molecule has 1 N–H and O–H groups in total. The predicted molar refractivity (Wildman–Crippen MR) is 193 cm³/mol.